The van der Waals surface area contributed by atoms with Crippen molar-refractivity contribution >= 4 is 17.5 Å². The zero-order valence-corrected chi connectivity index (χ0v) is 13.2. The van der Waals surface area contributed by atoms with Crippen molar-refractivity contribution in [2.24, 2.45) is 0 Å². The third-order valence-corrected chi connectivity index (χ3v) is 4.20. The van der Waals surface area contributed by atoms with Crippen LogP contribution in [0.25, 0.3) is 0 Å². The van der Waals surface area contributed by atoms with Gasteiger partial charge in [0.05, 0.1) is 25.5 Å². The van der Waals surface area contributed by atoms with Gasteiger partial charge < -0.3 is 13.9 Å². The summed E-state index contributed by atoms with van der Waals surface area (Å²) in [7, 11) is 3.10. The molecule has 6 nitrogen and oxygen atoms in total. The van der Waals surface area contributed by atoms with E-state index in [0.717, 1.165) is 12.8 Å². The number of carbonyl (C=O) groups excluding carboxylic acids is 1. The molecular formula is C15H16N2O4S. The van der Waals surface area contributed by atoms with Crippen LogP contribution in [0, 0.1) is 0 Å². The molecule has 0 spiro atoms. The molecule has 0 radical (unpaired) electrons. The average molecular weight is 320 g/mol. The van der Waals surface area contributed by atoms with Crippen LogP contribution in [0.3, 0.4) is 0 Å². The molecule has 2 aromatic rings. The predicted molar refractivity (Wildman–Crippen MR) is 80.9 cm³/mol. The Morgan fingerprint density at radius 3 is 2.82 bits per heavy atom. The van der Waals surface area contributed by atoms with E-state index in [1.807, 2.05) is 0 Å². The highest BCUT2D eigenvalue weighted by molar-refractivity contribution is 7.99. The summed E-state index contributed by atoms with van der Waals surface area (Å²) < 4.78 is 15.9. The van der Waals surface area contributed by atoms with E-state index in [0.29, 0.717) is 34.1 Å². The number of hydrogen-bond donors (Lipinski definition) is 0. The number of carbonyl (C=O) groups is 1. The minimum Gasteiger partial charge on any atom is -0.497 e. The number of hydrogen-bond acceptors (Lipinski definition) is 7. The van der Waals surface area contributed by atoms with Gasteiger partial charge in [0, 0.05) is 12.0 Å². The first-order valence-corrected chi connectivity index (χ1v) is 7.91. The molecule has 0 atom stereocenters. The molecule has 0 amide bonds. The summed E-state index contributed by atoms with van der Waals surface area (Å²) in [5.74, 6) is 2.39. The van der Waals surface area contributed by atoms with Crippen molar-refractivity contribution in [1.82, 2.24) is 10.2 Å². The van der Waals surface area contributed by atoms with Crippen LogP contribution in [0.15, 0.2) is 27.8 Å². The Kier molecular flexibility index (Phi) is 4.33. The zero-order valence-electron chi connectivity index (χ0n) is 12.4. The summed E-state index contributed by atoms with van der Waals surface area (Å²) in [6.45, 7) is 0. The van der Waals surface area contributed by atoms with Crippen molar-refractivity contribution in [3.05, 3.63) is 29.7 Å². The number of nitrogens with zero attached hydrogens (tertiary/aromatic N) is 2. The fourth-order valence-corrected chi connectivity index (χ4v) is 2.66. The first kappa shape index (κ1) is 14.9. The summed E-state index contributed by atoms with van der Waals surface area (Å²) in [4.78, 5) is 12.3. The Bertz CT molecular complexity index is 682. The van der Waals surface area contributed by atoms with Crippen molar-refractivity contribution < 1.29 is 18.7 Å². The lowest BCUT2D eigenvalue weighted by atomic mass is 10.1. The van der Waals surface area contributed by atoms with Gasteiger partial charge in [-0.15, -0.1) is 10.2 Å². The zero-order chi connectivity index (χ0) is 15.5. The van der Waals surface area contributed by atoms with Crippen LogP contribution in [-0.4, -0.2) is 36.0 Å². The van der Waals surface area contributed by atoms with Crippen LogP contribution in [0.1, 0.15) is 35.0 Å². The van der Waals surface area contributed by atoms with E-state index in [1.54, 1.807) is 25.3 Å². The molecule has 1 aromatic heterocycles. The third-order valence-electron chi connectivity index (χ3n) is 3.38. The lowest BCUT2D eigenvalue weighted by Crippen LogP contribution is -2.05. The number of aromatic nitrogens is 2. The van der Waals surface area contributed by atoms with Crippen molar-refractivity contribution in [3.8, 4) is 11.5 Å². The maximum absolute atomic E-state index is 12.3. The SMILES string of the molecule is COc1ccc(C(=O)CSc2nnc(C3CC3)o2)c(OC)c1. The van der Waals surface area contributed by atoms with Crippen molar-refractivity contribution in [1.29, 1.82) is 0 Å². The fourth-order valence-electron chi connectivity index (χ4n) is 2.01. The molecule has 1 saturated carbocycles. The third kappa shape index (κ3) is 3.24. The van der Waals surface area contributed by atoms with Gasteiger partial charge in [-0.1, -0.05) is 11.8 Å². The van der Waals surface area contributed by atoms with Gasteiger partial charge >= 0.3 is 0 Å². The number of rotatable bonds is 7. The minimum atomic E-state index is -0.0596. The van der Waals surface area contributed by atoms with E-state index >= 15 is 0 Å². The molecule has 116 valence electrons. The van der Waals surface area contributed by atoms with Gasteiger partial charge in [-0.3, -0.25) is 4.79 Å². The van der Waals surface area contributed by atoms with Gasteiger partial charge in [0.15, 0.2) is 5.78 Å². The van der Waals surface area contributed by atoms with Crippen molar-refractivity contribution in [3.63, 3.8) is 0 Å². The predicted octanol–water partition coefficient (Wildman–Crippen LogP) is 2.94. The maximum Gasteiger partial charge on any atom is 0.277 e. The van der Waals surface area contributed by atoms with Crippen molar-refractivity contribution in [2.45, 2.75) is 24.0 Å². The van der Waals surface area contributed by atoms with E-state index < -0.39 is 0 Å². The molecule has 0 saturated heterocycles. The van der Waals surface area contributed by atoms with E-state index in [4.69, 9.17) is 13.9 Å². The van der Waals surface area contributed by atoms with Gasteiger partial charge in [-0.2, -0.15) is 0 Å². The molecular weight excluding hydrogens is 304 g/mol. The first-order chi connectivity index (χ1) is 10.7. The summed E-state index contributed by atoms with van der Waals surface area (Å²) in [5.41, 5.74) is 0.512. The summed E-state index contributed by atoms with van der Waals surface area (Å²) in [6, 6.07) is 5.12. The standard InChI is InChI=1S/C15H16N2O4S/c1-19-10-5-6-11(13(7-10)20-2)12(18)8-22-15-17-16-14(21-15)9-3-4-9/h5-7,9H,3-4,8H2,1-2H3. The largest absolute Gasteiger partial charge is 0.497 e. The highest BCUT2D eigenvalue weighted by Gasteiger charge is 2.29. The molecule has 1 aromatic carbocycles. The summed E-state index contributed by atoms with van der Waals surface area (Å²) >= 11 is 1.24. The highest BCUT2D eigenvalue weighted by atomic mass is 32.2. The van der Waals surface area contributed by atoms with Crippen LogP contribution >= 0.6 is 11.8 Å². The molecule has 3 rings (SSSR count). The number of ether oxygens (including phenoxy) is 2. The molecule has 1 fully saturated rings. The van der Waals surface area contributed by atoms with Gasteiger partial charge in [-0.05, 0) is 25.0 Å². The number of thioether (sulfide) groups is 1. The van der Waals surface area contributed by atoms with Crippen LogP contribution < -0.4 is 9.47 Å². The lowest BCUT2D eigenvalue weighted by Gasteiger charge is -2.08. The monoisotopic (exact) mass is 320 g/mol. The number of benzene rings is 1. The van der Waals surface area contributed by atoms with Crippen LogP contribution in [0.2, 0.25) is 0 Å². The van der Waals surface area contributed by atoms with Gasteiger partial charge in [-0.25, -0.2) is 0 Å². The Hall–Kier alpha value is -2.02. The highest BCUT2D eigenvalue weighted by Crippen LogP contribution is 2.39. The molecule has 1 aliphatic carbocycles. The average Bonchev–Trinajstić information content (AvgIpc) is 3.30. The fraction of sp³-hybridized carbons (Fsp3) is 0.400. The van der Waals surface area contributed by atoms with Crippen LogP contribution in [0.4, 0.5) is 0 Å². The number of Topliss-reactive ketones (excluding diaryl/α,β-unsaturated/α-hetero) is 1. The van der Waals surface area contributed by atoms with E-state index in [1.165, 1.54) is 18.9 Å². The minimum absolute atomic E-state index is 0.0596. The molecule has 1 aliphatic rings. The molecule has 0 unspecified atom stereocenters. The molecule has 22 heavy (non-hydrogen) atoms. The molecule has 0 bridgehead atoms. The first-order valence-electron chi connectivity index (χ1n) is 6.92. The van der Waals surface area contributed by atoms with Crippen molar-refractivity contribution in [2.75, 3.05) is 20.0 Å². The smallest absolute Gasteiger partial charge is 0.277 e. The normalized spacial score (nSPS) is 13.9. The molecule has 0 N–H and O–H groups in total. The van der Waals surface area contributed by atoms with Crippen LogP contribution in [-0.2, 0) is 0 Å². The Morgan fingerprint density at radius 1 is 1.32 bits per heavy atom. The second kappa shape index (κ2) is 6.39. The number of ketones is 1. The maximum atomic E-state index is 12.3. The summed E-state index contributed by atoms with van der Waals surface area (Å²) in [6.07, 6.45) is 2.21. The second-order valence-corrected chi connectivity index (χ2v) is 5.89. The van der Waals surface area contributed by atoms with E-state index in [-0.39, 0.29) is 11.5 Å². The summed E-state index contributed by atoms with van der Waals surface area (Å²) in [5, 5.41) is 8.38. The van der Waals surface area contributed by atoms with E-state index in [2.05, 4.69) is 10.2 Å². The Morgan fingerprint density at radius 2 is 2.14 bits per heavy atom. The topological polar surface area (TPSA) is 74.5 Å². The Balaban J connectivity index is 1.65. The Labute approximate surface area is 132 Å². The molecule has 0 aliphatic heterocycles. The molecule has 7 heteroatoms. The van der Waals surface area contributed by atoms with E-state index in [9.17, 15) is 4.79 Å². The lowest BCUT2D eigenvalue weighted by molar-refractivity contribution is 0.101. The van der Waals surface area contributed by atoms with Gasteiger partial charge in [0.1, 0.15) is 11.5 Å². The number of methoxy groups -OCH3 is 2. The van der Waals surface area contributed by atoms with Gasteiger partial charge in [0.2, 0.25) is 5.89 Å². The quantitative estimate of drug-likeness (QED) is 0.573. The second-order valence-electron chi connectivity index (χ2n) is 4.96. The van der Waals surface area contributed by atoms with Crippen LogP contribution in [0.5, 0.6) is 11.5 Å². The van der Waals surface area contributed by atoms with Gasteiger partial charge in [0.25, 0.3) is 5.22 Å². The molecule has 1 heterocycles.